The van der Waals surface area contributed by atoms with Gasteiger partial charge in [0.15, 0.2) is 0 Å². The lowest BCUT2D eigenvalue weighted by atomic mass is 10.0. The van der Waals surface area contributed by atoms with Crippen molar-refractivity contribution in [2.24, 2.45) is 5.73 Å². The van der Waals surface area contributed by atoms with Crippen LogP contribution in [-0.4, -0.2) is 11.0 Å². The number of nitro groups is 1. The molecule has 1 atom stereocenters. The van der Waals surface area contributed by atoms with Crippen LogP contribution in [0.1, 0.15) is 18.9 Å². The standard InChI is InChI=1S/C10H13ClN2O2/c1-2-9(12)5-7-3-4-8(11)6-10(7)13(14)15/h3-4,6,9H,2,5,12H2,1H3. The third kappa shape index (κ3) is 3.18. The Morgan fingerprint density at radius 1 is 1.60 bits per heavy atom. The summed E-state index contributed by atoms with van der Waals surface area (Å²) < 4.78 is 0. The molecule has 0 saturated heterocycles. The van der Waals surface area contributed by atoms with Crippen LogP contribution in [0.2, 0.25) is 5.02 Å². The minimum absolute atomic E-state index is 0.0476. The average Bonchev–Trinajstić information content (AvgIpc) is 2.20. The van der Waals surface area contributed by atoms with Gasteiger partial charge in [-0.2, -0.15) is 0 Å². The van der Waals surface area contributed by atoms with Gasteiger partial charge in [-0.15, -0.1) is 0 Å². The molecule has 1 aromatic carbocycles. The first-order valence-corrected chi connectivity index (χ1v) is 5.10. The van der Waals surface area contributed by atoms with E-state index in [1.807, 2.05) is 6.92 Å². The van der Waals surface area contributed by atoms with E-state index in [-0.39, 0.29) is 11.7 Å². The monoisotopic (exact) mass is 228 g/mol. The first-order chi connectivity index (χ1) is 7.04. The van der Waals surface area contributed by atoms with E-state index >= 15 is 0 Å². The molecule has 0 saturated carbocycles. The Kier molecular flexibility index (Phi) is 4.05. The number of benzene rings is 1. The average molecular weight is 229 g/mol. The van der Waals surface area contributed by atoms with E-state index in [0.717, 1.165) is 6.42 Å². The van der Waals surface area contributed by atoms with Gasteiger partial charge in [0, 0.05) is 22.7 Å². The lowest BCUT2D eigenvalue weighted by Gasteiger charge is -2.08. The van der Waals surface area contributed by atoms with E-state index in [1.165, 1.54) is 6.07 Å². The minimum Gasteiger partial charge on any atom is -0.327 e. The summed E-state index contributed by atoms with van der Waals surface area (Å²) in [6.07, 6.45) is 1.30. The van der Waals surface area contributed by atoms with Gasteiger partial charge >= 0.3 is 0 Å². The molecule has 0 heterocycles. The number of halogens is 1. The van der Waals surface area contributed by atoms with E-state index < -0.39 is 4.92 Å². The Morgan fingerprint density at radius 2 is 2.27 bits per heavy atom. The third-order valence-corrected chi connectivity index (χ3v) is 2.49. The molecule has 0 bridgehead atoms. The summed E-state index contributed by atoms with van der Waals surface area (Å²) in [4.78, 5) is 10.3. The van der Waals surface area contributed by atoms with Gasteiger partial charge in [0.2, 0.25) is 0 Å². The summed E-state index contributed by atoms with van der Waals surface area (Å²) in [6.45, 7) is 1.95. The van der Waals surface area contributed by atoms with Crippen molar-refractivity contribution in [2.45, 2.75) is 25.8 Å². The molecule has 15 heavy (non-hydrogen) atoms. The van der Waals surface area contributed by atoms with Gasteiger partial charge in [-0.3, -0.25) is 10.1 Å². The number of nitrogens with zero attached hydrogens (tertiary/aromatic N) is 1. The quantitative estimate of drug-likeness (QED) is 0.636. The molecular weight excluding hydrogens is 216 g/mol. The molecule has 4 nitrogen and oxygen atoms in total. The topological polar surface area (TPSA) is 69.2 Å². The molecular formula is C10H13ClN2O2. The molecule has 1 aromatic rings. The maximum atomic E-state index is 10.7. The van der Waals surface area contributed by atoms with Crippen LogP contribution in [0, 0.1) is 10.1 Å². The Labute approximate surface area is 93.2 Å². The van der Waals surface area contributed by atoms with Crippen molar-refractivity contribution in [1.29, 1.82) is 0 Å². The van der Waals surface area contributed by atoms with Crippen molar-refractivity contribution in [3.8, 4) is 0 Å². The van der Waals surface area contributed by atoms with Crippen LogP contribution < -0.4 is 5.73 Å². The van der Waals surface area contributed by atoms with Gasteiger partial charge in [0.25, 0.3) is 5.69 Å². The predicted octanol–water partition coefficient (Wildman–Crippen LogP) is 2.53. The van der Waals surface area contributed by atoms with Gasteiger partial charge < -0.3 is 5.73 Å². The van der Waals surface area contributed by atoms with Gasteiger partial charge in [-0.05, 0) is 18.9 Å². The number of nitro benzene ring substituents is 1. The number of hydrogen-bond donors (Lipinski definition) is 1. The first-order valence-electron chi connectivity index (χ1n) is 4.73. The Balaban J connectivity index is 3.01. The fourth-order valence-corrected chi connectivity index (χ4v) is 1.47. The van der Waals surface area contributed by atoms with Crippen LogP contribution in [0.15, 0.2) is 18.2 Å². The largest absolute Gasteiger partial charge is 0.327 e. The highest BCUT2D eigenvalue weighted by molar-refractivity contribution is 6.30. The van der Waals surface area contributed by atoms with Crippen molar-refractivity contribution in [1.82, 2.24) is 0 Å². The molecule has 82 valence electrons. The predicted molar refractivity (Wildman–Crippen MR) is 60.1 cm³/mol. The molecule has 0 aliphatic heterocycles. The summed E-state index contributed by atoms with van der Waals surface area (Å²) in [6, 6.07) is 4.62. The summed E-state index contributed by atoms with van der Waals surface area (Å²) in [5, 5.41) is 11.1. The second-order valence-corrected chi connectivity index (χ2v) is 3.84. The lowest BCUT2D eigenvalue weighted by Crippen LogP contribution is -2.21. The number of hydrogen-bond acceptors (Lipinski definition) is 3. The lowest BCUT2D eigenvalue weighted by molar-refractivity contribution is -0.385. The molecule has 5 heteroatoms. The van der Waals surface area contributed by atoms with Crippen molar-refractivity contribution in [2.75, 3.05) is 0 Å². The van der Waals surface area contributed by atoms with Gasteiger partial charge in [0.05, 0.1) is 4.92 Å². The molecule has 0 fully saturated rings. The van der Waals surface area contributed by atoms with Crippen LogP contribution in [0.3, 0.4) is 0 Å². The fraction of sp³-hybridized carbons (Fsp3) is 0.400. The molecule has 0 aromatic heterocycles. The highest BCUT2D eigenvalue weighted by atomic mass is 35.5. The maximum Gasteiger partial charge on any atom is 0.274 e. The van der Waals surface area contributed by atoms with E-state index in [2.05, 4.69) is 0 Å². The van der Waals surface area contributed by atoms with Crippen LogP contribution in [0.5, 0.6) is 0 Å². The Hall–Kier alpha value is -1.13. The second kappa shape index (κ2) is 5.09. The second-order valence-electron chi connectivity index (χ2n) is 3.40. The van der Waals surface area contributed by atoms with Crippen molar-refractivity contribution in [3.63, 3.8) is 0 Å². The van der Waals surface area contributed by atoms with E-state index in [4.69, 9.17) is 17.3 Å². The zero-order chi connectivity index (χ0) is 11.4. The van der Waals surface area contributed by atoms with E-state index in [0.29, 0.717) is 17.0 Å². The van der Waals surface area contributed by atoms with Crippen molar-refractivity contribution in [3.05, 3.63) is 38.9 Å². The SMILES string of the molecule is CCC(N)Cc1ccc(Cl)cc1[N+](=O)[O-]. The summed E-state index contributed by atoms with van der Waals surface area (Å²) in [7, 11) is 0. The zero-order valence-corrected chi connectivity index (χ0v) is 9.20. The van der Waals surface area contributed by atoms with Crippen molar-refractivity contribution < 1.29 is 4.92 Å². The smallest absolute Gasteiger partial charge is 0.274 e. The summed E-state index contributed by atoms with van der Waals surface area (Å²) in [5.74, 6) is 0. The highest BCUT2D eigenvalue weighted by Crippen LogP contribution is 2.24. The number of rotatable bonds is 4. The van der Waals surface area contributed by atoms with Crippen LogP contribution >= 0.6 is 11.6 Å². The molecule has 0 aliphatic rings. The summed E-state index contributed by atoms with van der Waals surface area (Å²) >= 11 is 5.70. The molecule has 2 N–H and O–H groups in total. The molecule has 1 rings (SSSR count). The highest BCUT2D eigenvalue weighted by Gasteiger charge is 2.15. The van der Waals surface area contributed by atoms with Gasteiger partial charge in [0.1, 0.15) is 0 Å². The van der Waals surface area contributed by atoms with Crippen LogP contribution in [0.4, 0.5) is 5.69 Å². The number of nitrogens with two attached hydrogens (primary N) is 1. The van der Waals surface area contributed by atoms with Crippen LogP contribution in [0.25, 0.3) is 0 Å². The minimum atomic E-state index is -0.427. The molecule has 1 unspecified atom stereocenters. The van der Waals surface area contributed by atoms with E-state index in [1.54, 1.807) is 12.1 Å². The van der Waals surface area contributed by atoms with Gasteiger partial charge in [-0.25, -0.2) is 0 Å². The normalized spacial score (nSPS) is 12.5. The van der Waals surface area contributed by atoms with Crippen molar-refractivity contribution >= 4 is 17.3 Å². The molecule has 0 amide bonds. The summed E-state index contributed by atoms with van der Waals surface area (Å²) in [5.41, 5.74) is 6.44. The Bertz CT molecular complexity index is 368. The third-order valence-electron chi connectivity index (χ3n) is 2.25. The molecule has 0 aliphatic carbocycles. The molecule has 0 spiro atoms. The van der Waals surface area contributed by atoms with Crippen LogP contribution in [-0.2, 0) is 6.42 Å². The zero-order valence-electron chi connectivity index (χ0n) is 8.44. The first kappa shape index (κ1) is 11.9. The maximum absolute atomic E-state index is 10.7. The molecule has 0 radical (unpaired) electrons. The van der Waals surface area contributed by atoms with E-state index in [9.17, 15) is 10.1 Å². The Morgan fingerprint density at radius 3 is 2.80 bits per heavy atom. The van der Waals surface area contributed by atoms with Gasteiger partial charge in [-0.1, -0.05) is 24.6 Å². The fourth-order valence-electron chi connectivity index (χ4n) is 1.31.